The van der Waals surface area contributed by atoms with E-state index in [1.807, 2.05) is 32.0 Å². The molecule has 4 nitrogen and oxygen atoms in total. The number of para-hydroxylation sites is 1. The fourth-order valence-corrected chi connectivity index (χ4v) is 3.17. The van der Waals surface area contributed by atoms with Gasteiger partial charge in [-0.1, -0.05) is 18.2 Å². The highest BCUT2D eigenvalue weighted by Crippen LogP contribution is 2.22. The maximum atomic E-state index is 13.4. The largest absolute Gasteiger partial charge is 0.491 e. The van der Waals surface area contributed by atoms with Crippen LogP contribution in [0.15, 0.2) is 42.5 Å². The summed E-state index contributed by atoms with van der Waals surface area (Å²) in [5.41, 5.74) is 1.30. The first-order valence-corrected chi connectivity index (χ1v) is 9.15. The summed E-state index contributed by atoms with van der Waals surface area (Å²) in [6, 6.07) is 11.3. The summed E-state index contributed by atoms with van der Waals surface area (Å²) >= 11 is 0. The van der Waals surface area contributed by atoms with Gasteiger partial charge in [0.1, 0.15) is 5.75 Å². The van der Waals surface area contributed by atoms with E-state index in [-0.39, 0.29) is 17.6 Å². The van der Waals surface area contributed by atoms with Crippen molar-refractivity contribution in [3.8, 4) is 5.75 Å². The SMILES string of the molecule is CC(C)Oc1ccccc1CN1CCN(C(=O)c2ccc(F)c(F)c2)CC1. The topological polar surface area (TPSA) is 32.8 Å². The minimum Gasteiger partial charge on any atom is -0.491 e. The zero-order valence-corrected chi connectivity index (χ0v) is 15.6. The van der Waals surface area contributed by atoms with Crippen molar-refractivity contribution in [1.82, 2.24) is 9.80 Å². The normalized spacial score (nSPS) is 15.2. The highest BCUT2D eigenvalue weighted by molar-refractivity contribution is 5.94. The third-order valence-electron chi connectivity index (χ3n) is 4.56. The molecule has 0 bridgehead atoms. The molecule has 0 N–H and O–H groups in total. The lowest BCUT2D eigenvalue weighted by atomic mass is 10.1. The molecule has 0 unspecified atom stereocenters. The van der Waals surface area contributed by atoms with E-state index >= 15 is 0 Å². The Morgan fingerprint density at radius 1 is 1.04 bits per heavy atom. The van der Waals surface area contributed by atoms with Gasteiger partial charge in [0.25, 0.3) is 5.91 Å². The van der Waals surface area contributed by atoms with Gasteiger partial charge in [-0.25, -0.2) is 8.78 Å². The summed E-state index contributed by atoms with van der Waals surface area (Å²) in [7, 11) is 0. The third-order valence-corrected chi connectivity index (χ3v) is 4.56. The van der Waals surface area contributed by atoms with Crippen LogP contribution in [0.2, 0.25) is 0 Å². The number of amides is 1. The molecule has 1 saturated heterocycles. The van der Waals surface area contributed by atoms with Crippen molar-refractivity contribution in [2.24, 2.45) is 0 Å². The van der Waals surface area contributed by atoms with Crippen LogP contribution in [0.4, 0.5) is 8.78 Å². The molecule has 1 fully saturated rings. The lowest BCUT2D eigenvalue weighted by molar-refractivity contribution is 0.0626. The molecule has 0 atom stereocenters. The maximum absolute atomic E-state index is 13.4. The zero-order chi connectivity index (χ0) is 19.4. The summed E-state index contributed by atoms with van der Waals surface area (Å²) in [5, 5.41) is 0. The fourth-order valence-electron chi connectivity index (χ4n) is 3.17. The molecule has 2 aromatic rings. The van der Waals surface area contributed by atoms with Crippen LogP contribution in [0.1, 0.15) is 29.8 Å². The van der Waals surface area contributed by atoms with Crippen LogP contribution in [-0.4, -0.2) is 48.0 Å². The van der Waals surface area contributed by atoms with Gasteiger partial charge in [-0.05, 0) is 38.1 Å². The summed E-state index contributed by atoms with van der Waals surface area (Å²) < 4.78 is 32.3. The second kappa shape index (κ2) is 8.48. The van der Waals surface area contributed by atoms with Gasteiger partial charge in [0.2, 0.25) is 0 Å². The van der Waals surface area contributed by atoms with Gasteiger partial charge >= 0.3 is 0 Å². The van der Waals surface area contributed by atoms with Crippen molar-refractivity contribution < 1.29 is 18.3 Å². The van der Waals surface area contributed by atoms with Crippen LogP contribution in [0.5, 0.6) is 5.75 Å². The molecular weight excluding hydrogens is 350 g/mol. The van der Waals surface area contributed by atoms with E-state index in [0.717, 1.165) is 30.0 Å². The van der Waals surface area contributed by atoms with Crippen LogP contribution in [0.3, 0.4) is 0 Å². The molecule has 1 amide bonds. The Kier molecular flexibility index (Phi) is 6.06. The Hall–Kier alpha value is -2.47. The van der Waals surface area contributed by atoms with Gasteiger partial charge in [0.15, 0.2) is 11.6 Å². The maximum Gasteiger partial charge on any atom is 0.254 e. The number of carbonyl (C=O) groups excluding carboxylic acids is 1. The predicted octanol–water partition coefficient (Wildman–Crippen LogP) is 3.71. The number of rotatable bonds is 5. The Morgan fingerprint density at radius 2 is 1.74 bits per heavy atom. The van der Waals surface area contributed by atoms with Gasteiger partial charge in [-0.2, -0.15) is 0 Å². The number of ether oxygens (including phenoxy) is 1. The van der Waals surface area contributed by atoms with Crippen molar-refractivity contribution in [2.45, 2.75) is 26.5 Å². The number of benzene rings is 2. The molecule has 27 heavy (non-hydrogen) atoms. The summed E-state index contributed by atoms with van der Waals surface area (Å²) in [4.78, 5) is 16.4. The number of carbonyl (C=O) groups is 1. The van der Waals surface area contributed by atoms with E-state index in [9.17, 15) is 13.6 Å². The van der Waals surface area contributed by atoms with Crippen molar-refractivity contribution in [3.63, 3.8) is 0 Å². The first-order chi connectivity index (χ1) is 12.9. The number of hydrogen-bond acceptors (Lipinski definition) is 3. The molecule has 1 aliphatic rings. The quantitative estimate of drug-likeness (QED) is 0.800. The Labute approximate surface area is 158 Å². The third kappa shape index (κ3) is 4.83. The van der Waals surface area contributed by atoms with Crippen molar-refractivity contribution in [3.05, 3.63) is 65.2 Å². The van der Waals surface area contributed by atoms with Crippen molar-refractivity contribution in [2.75, 3.05) is 26.2 Å². The van der Waals surface area contributed by atoms with Gasteiger partial charge in [-0.15, -0.1) is 0 Å². The molecule has 6 heteroatoms. The molecule has 0 aliphatic carbocycles. The second-order valence-corrected chi connectivity index (χ2v) is 6.97. The van der Waals surface area contributed by atoms with Crippen molar-refractivity contribution >= 4 is 5.91 Å². The molecular formula is C21H24F2N2O2. The van der Waals surface area contributed by atoms with E-state index in [1.54, 1.807) is 4.90 Å². The molecule has 144 valence electrons. The van der Waals surface area contributed by atoms with E-state index in [2.05, 4.69) is 11.0 Å². The summed E-state index contributed by atoms with van der Waals surface area (Å²) in [5.74, 6) is -1.33. The van der Waals surface area contributed by atoms with E-state index in [4.69, 9.17) is 4.74 Å². The average molecular weight is 374 g/mol. The standard InChI is InChI=1S/C21H24F2N2O2/c1-15(2)27-20-6-4-3-5-17(20)14-24-9-11-25(12-10-24)21(26)16-7-8-18(22)19(23)13-16/h3-8,13,15H,9-12,14H2,1-2H3. The number of halogens is 2. The van der Waals surface area contributed by atoms with Gasteiger partial charge in [0.05, 0.1) is 6.10 Å². The van der Waals surface area contributed by atoms with Crippen LogP contribution >= 0.6 is 0 Å². The molecule has 0 aromatic heterocycles. The van der Waals surface area contributed by atoms with E-state index < -0.39 is 11.6 Å². The van der Waals surface area contributed by atoms with E-state index in [1.165, 1.54) is 6.07 Å². The number of piperazine rings is 1. The molecule has 2 aromatic carbocycles. The molecule has 0 saturated carbocycles. The minimum atomic E-state index is -0.999. The Morgan fingerprint density at radius 3 is 2.41 bits per heavy atom. The predicted molar refractivity (Wildman–Crippen MR) is 99.7 cm³/mol. The second-order valence-electron chi connectivity index (χ2n) is 6.97. The summed E-state index contributed by atoms with van der Waals surface area (Å²) in [6.45, 7) is 7.27. The molecule has 3 rings (SSSR count). The molecule has 0 radical (unpaired) electrons. The Balaban J connectivity index is 1.59. The number of nitrogens with zero attached hydrogens (tertiary/aromatic N) is 2. The Bertz CT molecular complexity index is 803. The van der Waals surface area contributed by atoms with Crippen molar-refractivity contribution in [1.29, 1.82) is 0 Å². The molecule has 0 spiro atoms. The highest BCUT2D eigenvalue weighted by atomic mass is 19.2. The van der Waals surface area contributed by atoms with Gasteiger partial charge in [-0.3, -0.25) is 9.69 Å². The van der Waals surface area contributed by atoms with Crippen LogP contribution in [-0.2, 0) is 6.54 Å². The van der Waals surface area contributed by atoms with Gasteiger partial charge < -0.3 is 9.64 Å². The van der Waals surface area contributed by atoms with Crippen LogP contribution in [0, 0.1) is 11.6 Å². The first kappa shape index (κ1) is 19.3. The smallest absolute Gasteiger partial charge is 0.254 e. The summed E-state index contributed by atoms with van der Waals surface area (Å²) in [6.07, 6.45) is 0.108. The zero-order valence-electron chi connectivity index (χ0n) is 15.6. The lowest BCUT2D eigenvalue weighted by Crippen LogP contribution is -2.48. The van der Waals surface area contributed by atoms with Crippen LogP contribution < -0.4 is 4.74 Å². The van der Waals surface area contributed by atoms with Gasteiger partial charge in [0, 0.05) is 43.9 Å². The first-order valence-electron chi connectivity index (χ1n) is 9.15. The molecule has 1 heterocycles. The monoisotopic (exact) mass is 374 g/mol. The average Bonchev–Trinajstić information content (AvgIpc) is 2.65. The highest BCUT2D eigenvalue weighted by Gasteiger charge is 2.23. The number of hydrogen-bond donors (Lipinski definition) is 0. The molecule has 1 aliphatic heterocycles. The van der Waals surface area contributed by atoms with E-state index in [0.29, 0.717) is 26.2 Å². The minimum absolute atomic E-state index is 0.108. The lowest BCUT2D eigenvalue weighted by Gasteiger charge is -2.35. The fraction of sp³-hybridized carbons (Fsp3) is 0.381. The van der Waals surface area contributed by atoms with Crippen LogP contribution in [0.25, 0.3) is 0 Å².